The van der Waals surface area contributed by atoms with Crippen LogP contribution in [0.5, 0.6) is 0 Å². The maximum Gasteiger partial charge on any atom is 0.238 e. The maximum atomic E-state index is 12.3. The third-order valence-corrected chi connectivity index (χ3v) is 5.39. The van der Waals surface area contributed by atoms with Crippen molar-refractivity contribution in [2.45, 2.75) is 25.8 Å². The van der Waals surface area contributed by atoms with Gasteiger partial charge in [-0.2, -0.15) is 11.3 Å². The van der Waals surface area contributed by atoms with Crippen molar-refractivity contribution in [3.63, 3.8) is 0 Å². The molecule has 1 atom stereocenters. The lowest BCUT2D eigenvalue weighted by atomic mass is 10.1. The second-order valence-corrected chi connectivity index (χ2v) is 7.35. The molecule has 1 aliphatic rings. The summed E-state index contributed by atoms with van der Waals surface area (Å²) in [6, 6.07) is 8.52. The molecule has 0 radical (unpaired) electrons. The molecule has 2 heterocycles. The Labute approximate surface area is 143 Å². The van der Waals surface area contributed by atoms with E-state index in [1.54, 1.807) is 11.3 Å². The van der Waals surface area contributed by atoms with Crippen LogP contribution in [0.15, 0.2) is 39.5 Å². The van der Waals surface area contributed by atoms with E-state index in [1.807, 2.05) is 25.1 Å². The van der Waals surface area contributed by atoms with E-state index in [4.69, 9.17) is 0 Å². The molecule has 1 amide bonds. The molecule has 5 heteroatoms. The summed E-state index contributed by atoms with van der Waals surface area (Å²) in [4.78, 5) is 14.6. The van der Waals surface area contributed by atoms with E-state index in [0.29, 0.717) is 12.6 Å². The van der Waals surface area contributed by atoms with E-state index in [0.717, 1.165) is 29.5 Å². The summed E-state index contributed by atoms with van der Waals surface area (Å²) in [6.45, 7) is 3.47. The lowest BCUT2D eigenvalue weighted by Crippen LogP contribution is -2.32. The Kier molecular flexibility index (Phi) is 4.96. The topological polar surface area (TPSA) is 32.3 Å². The van der Waals surface area contributed by atoms with Gasteiger partial charge in [-0.3, -0.25) is 9.69 Å². The number of rotatable bonds is 4. The zero-order chi connectivity index (χ0) is 15.5. The summed E-state index contributed by atoms with van der Waals surface area (Å²) in [7, 11) is 0. The summed E-state index contributed by atoms with van der Waals surface area (Å²) in [6.07, 6.45) is 2.29. The van der Waals surface area contributed by atoms with E-state index in [-0.39, 0.29) is 5.91 Å². The number of carbonyl (C=O) groups is 1. The van der Waals surface area contributed by atoms with E-state index in [2.05, 4.69) is 43.0 Å². The summed E-state index contributed by atoms with van der Waals surface area (Å²) in [5, 5.41) is 7.30. The third kappa shape index (κ3) is 3.59. The summed E-state index contributed by atoms with van der Waals surface area (Å²) in [5.41, 5.74) is 3.34. The molecule has 0 bridgehead atoms. The average molecular weight is 379 g/mol. The molecule has 116 valence electrons. The van der Waals surface area contributed by atoms with Crippen LogP contribution in [0.1, 0.15) is 30.0 Å². The Morgan fingerprint density at radius 3 is 3.05 bits per heavy atom. The molecular formula is C17H19BrN2OS. The molecule has 0 aliphatic carbocycles. The molecule has 1 N–H and O–H groups in total. The molecule has 1 saturated heterocycles. The first-order valence-corrected chi connectivity index (χ1v) is 9.19. The molecule has 3 rings (SSSR count). The average Bonchev–Trinajstić information content (AvgIpc) is 3.12. The molecule has 1 fully saturated rings. The van der Waals surface area contributed by atoms with Gasteiger partial charge < -0.3 is 5.32 Å². The number of aryl methyl sites for hydroxylation is 1. The minimum Gasteiger partial charge on any atom is -0.324 e. The zero-order valence-corrected chi connectivity index (χ0v) is 14.9. The van der Waals surface area contributed by atoms with Gasteiger partial charge in [-0.1, -0.05) is 6.07 Å². The van der Waals surface area contributed by atoms with Crippen molar-refractivity contribution < 1.29 is 4.79 Å². The van der Waals surface area contributed by atoms with Crippen LogP contribution in [0.2, 0.25) is 0 Å². The summed E-state index contributed by atoms with van der Waals surface area (Å²) in [5.74, 6) is 0.0479. The zero-order valence-electron chi connectivity index (χ0n) is 12.5. The number of amides is 1. The van der Waals surface area contributed by atoms with Crippen LogP contribution in [0.25, 0.3) is 0 Å². The first-order valence-electron chi connectivity index (χ1n) is 7.45. The molecule has 0 spiro atoms. The summed E-state index contributed by atoms with van der Waals surface area (Å²) >= 11 is 5.22. The van der Waals surface area contributed by atoms with Crippen LogP contribution in [-0.4, -0.2) is 23.9 Å². The van der Waals surface area contributed by atoms with Crippen LogP contribution < -0.4 is 5.32 Å². The number of thiophene rings is 1. The van der Waals surface area contributed by atoms with Gasteiger partial charge in [0.1, 0.15) is 0 Å². The van der Waals surface area contributed by atoms with Gasteiger partial charge in [0.2, 0.25) is 5.91 Å². The molecular weight excluding hydrogens is 360 g/mol. The highest BCUT2D eigenvalue weighted by molar-refractivity contribution is 9.10. The van der Waals surface area contributed by atoms with Crippen molar-refractivity contribution in [2.24, 2.45) is 0 Å². The third-order valence-electron chi connectivity index (χ3n) is 4.04. The van der Waals surface area contributed by atoms with Crippen molar-refractivity contribution >= 4 is 38.9 Å². The van der Waals surface area contributed by atoms with Gasteiger partial charge >= 0.3 is 0 Å². The Hall–Kier alpha value is -1.17. The van der Waals surface area contributed by atoms with Gasteiger partial charge in [-0.25, -0.2) is 0 Å². The lowest BCUT2D eigenvalue weighted by Gasteiger charge is -2.23. The number of nitrogens with one attached hydrogen (secondary N) is 1. The van der Waals surface area contributed by atoms with Gasteiger partial charge in [0.05, 0.1) is 12.2 Å². The van der Waals surface area contributed by atoms with E-state index in [9.17, 15) is 4.79 Å². The van der Waals surface area contributed by atoms with Gasteiger partial charge in [0, 0.05) is 10.5 Å². The van der Waals surface area contributed by atoms with Crippen molar-refractivity contribution in [1.82, 2.24) is 4.90 Å². The Morgan fingerprint density at radius 1 is 1.45 bits per heavy atom. The van der Waals surface area contributed by atoms with Gasteiger partial charge in [-0.15, -0.1) is 0 Å². The molecule has 2 aromatic rings. The number of halogens is 1. The van der Waals surface area contributed by atoms with Gasteiger partial charge in [-0.05, 0) is 82.3 Å². The minimum atomic E-state index is 0.0479. The second-order valence-electron chi connectivity index (χ2n) is 5.72. The van der Waals surface area contributed by atoms with Crippen LogP contribution in [0.3, 0.4) is 0 Å². The van der Waals surface area contributed by atoms with Crippen molar-refractivity contribution in [1.29, 1.82) is 0 Å². The number of hydrogen-bond donors (Lipinski definition) is 1. The van der Waals surface area contributed by atoms with Crippen molar-refractivity contribution in [2.75, 3.05) is 18.4 Å². The molecule has 1 aliphatic heterocycles. The second kappa shape index (κ2) is 6.94. The number of anilines is 1. The van der Waals surface area contributed by atoms with Crippen molar-refractivity contribution in [3.8, 4) is 0 Å². The summed E-state index contributed by atoms with van der Waals surface area (Å²) < 4.78 is 0.927. The highest BCUT2D eigenvalue weighted by atomic mass is 79.9. The number of likely N-dealkylation sites (tertiary alicyclic amines) is 1. The smallest absolute Gasteiger partial charge is 0.238 e. The van der Waals surface area contributed by atoms with Gasteiger partial charge in [0.15, 0.2) is 0 Å². The Bertz CT molecular complexity index is 657. The molecule has 22 heavy (non-hydrogen) atoms. The van der Waals surface area contributed by atoms with Crippen LogP contribution in [-0.2, 0) is 4.79 Å². The fraction of sp³-hybridized carbons (Fsp3) is 0.353. The predicted molar refractivity (Wildman–Crippen MR) is 95.4 cm³/mol. The SMILES string of the molecule is Cc1ccc(NC(=O)CN2CCCC2c2ccsc2)c(Br)c1. The molecule has 1 aromatic heterocycles. The number of nitrogens with zero attached hydrogens (tertiary/aromatic N) is 1. The quantitative estimate of drug-likeness (QED) is 0.843. The van der Waals surface area contributed by atoms with E-state index < -0.39 is 0 Å². The maximum absolute atomic E-state index is 12.3. The van der Waals surface area contributed by atoms with E-state index in [1.165, 1.54) is 11.1 Å². The fourth-order valence-corrected chi connectivity index (χ4v) is 4.25. The van der Waals surface area contributed by atoms with Crippen LogP contribution in [0.4, 0.5) is 5.69 Å². The molecule has 3 nitrogen and oxygen atoms in total. The van der Waals surface area contributed by atoms with E-state index >= 15 is 0 Å². The molecule has 1 unspecified atom stereocenters. The highest BCUT2D eigenvalue weighted by Crippen LogP contribution is 2.32. The number of carbonyl (C=O) groups excluding carboxylic acids is 1. The lowest BCUT2D eigenvalue weighted by molar-refractivity contribution is -0.117. The molecule has 0 saturated carbocycles. The Morgan fingerprint density at radius 2 is 2.32 bits per heavy atom. The Balaban J connectivity index is 1.64. The largest absolute Gasteiger partial charge is 0.324 e. The first kappa shape index (κ1) is 15.7. The number of hydrogen-bond acceptors (Lipinski definition) is 3. The minimum absolute atomic E-state index is 0.0479. The fourth-order valence-electron chi connectivity index (χ4n) is 2.95. The standard InChI is InChI=1S/C17H19BrN2OS/c1-12-4-5-15(14(18)9-12)19-17(21)10-20-7-2-3-16(20)13-6-8-22-11-13/h4-6,8-9,11,16H,2-3,7,10H2,1H3,(H,19,21). The van der Waals surface area contributed by atoms with Crippen LogP contribution in [0, 0.1) is 6.92 Å². The van der Waals surface area contributed by atoms with Gasteiger partial charge in [0.25, 0.3) is 0 Å². The highest BCUT2D eigenvalue weighted by Gasteiger charge is 2.27. The first-order chi connectivity index (χ1) is 10.6. The number of benzene rings is 1. The normalized spacial score (nSPS) is 18.5. The molecule has 1 aromatic carbocycles. The predicted octanol–water partition coefficient (Wildman–Crippen LogP) is 4.59. The van der Waals surface area contributed by atoms with Crippen molar-refractivity contribution in [3.05, 3.63) is 50.6 Å². The van der Waals surface area contributed by atoms with Crippen LogP contribution >= 0.6 is 27.3 Å². The monoisotopic (exact) mass is 378 g/mol.